The highest BCUT2D eigenvalue weighted by molar-refractivity contribution is 7.97. The first-order valence-corrected chi connectivity index (χ1v) is 16.2. The van der Waals surface area contributed by atoms with Crippen LogP contribution in [0.2, 0.25) is 0 Å². The van der Waals surface area contributed by atoms with Gasteiger partial charge < -0.3 is 4.74 Å². The second-order valence-electron chi connectivity index (χ2n) is 8.56. The Kier molecular flexibility index (Phi) is 7.61. The Morgan fingerprint density at radius 2 is 0.744 bits per heavy atom. The molecule has 0 saturated heterocycles. The van der Waals surface area contributed by atoms with Crippen LogP contribution in [0.3, 0.4) is 0 Å². The second-order valence-corrected chi connectivity index (χ2v) is 14.5. The summed E-state index contributed by atoms with van der Waals surface area (Å²) in [7, 11) is -6.32. The van der Waals surface area contributed by atoms with E-state index in [4.69, 9.17) is 4.74 Å². The summed E-state index contributed by atoms with van der Waals surface area (Å²) < 4.78 is 57.7. The number of hydrogen-bond acceptors (Lipinski definition) is 5. The number of methoxy groups -OCH3 is 1. The molecule has 0 bridgehead atoms. The molecule has 196 valence electrons. The van der Waals surface area contributed by atoms with Crippen molar-refractivity contribution in [3.8, 4) is 5.75 Å². The molecule has 5 aromatic rings. The molecule has 8 heteroatoms. The largest absolute Gasteiger partial charge is 0.497 e. The van der Waals surface area contributed by atoms with Crippen molar-refractivity contribution < 1.29 is 21.6 Å². The highest BCUT2D eigenvalue weighted by atomic mass is 32.2. The van der Waals surface area contributed by atoms with Crippen LogP contribution in [0.1, 0.15) is 0 Å². The first-order chi connectivity index (χ1) is 18.8. The quantitative estimate of drug-likeness (QED) is 0.199. The lowest BCUT2D eigenvalue weighted by molar-refractivity contribution is 0.414. The average molecular weight is 574 g/mol. The van der Waals surface area contributed by atoms with E-state index in [1.165, 1.54) is 0 Å². The summed E-state index contributed by atoms with van der Waals surface area (Å²) in [4.78, 5) is 3.66. The minimum absolute atomic E-state index is 0.208. The Labute approximate surface area is 231 Å². The monoisotopic (exact) mass is 573 g/mol. The van der Waals surface area contributed by atoms with Crippen LogP contribution >= 0.6 is 0 Å². The van der Waals surface area contributed by atoms with E-state index in [-0.39, 0.29) is 19.6 Å². The topological polar surface area (TPSA) is 77.5 Å². The minimum atomic E-state index is -3.65. The summed E-state index contributed by atoms with van der Waals surface area (Å²) >= 11 is 0. The molecule has 0 aromatic heterocycles. The van der Waals surface area contributed by atoms with E-state index in [2.05, 4.69) is 0 Å². The van der Waals surface area contributed by atoms with E-state index >= 15 is 0 Å². The van der Waals surface area contributed by atoms with Crippen molar-refractivity contribution in [2.45, 2.75) is 34.3 Å². The van der Waals surface area contributed by atoms with Crippen LogP contribution in [0, 0.1) is 0 Å². The van der Waals surface area contributed by atoms with E-state index in [1.807, 2.05) is 48.5 Å². The lowest BCUT2D eigenvalue weighted by atomic mass is 10.3. The second kappa shape index (κ2) is 11.1. The summed E-state index contributed by atoms with van der Waals surface area (Å²) in [5.74, 6) is 0.718. The van der Waals surface area contributed by atoms with Gasteiger partial charge in [0.05, 0.1) is 37.6 Å². The average Bonchev–Trinajstić information content (AvgIpc) is 2.99. The van der Waals surface area contributed by atoms with Gasteiger partial charge in [-0.3, -0.25) is 0 Å². The van der Waals surface area contributed by atoms with Gasteiger partial charge in [0.15, 0.2) is 14.7 Å². The fraction of sp³-hybridized carbons (Fsp3) is 0.0323. The predicted octanol–water partition coefficient (Wildman–Crippen LogP) is 6.46. The van der Waals surface area contributed by atoms with Crippen molar-refractivity contribution in [2.24, 2.45) is 0 Å². The van der Waals surface area contributed by atoms with Crippen LogP contribution in [0.25, 0.3) is 0 Å². The van der Waals surface area contributed by atoms with Crippen molar-refractivity contribution in [1.82, 2.24) is 0 Å². The highest BCUT2D eigenvalue weighted by Gasteiger charge is 2.30. The van der Waals surface area contributed by atoms with Gasteiger partial charge >= 0.3 is 0 Å². The highest BCUT2D eigenvalue weighted by Crippen LogP contribution is 2.34. The summed E-state index contributed by atoms with van der Waals surface area (Å²) in [5, 5.41) is 0. The van der Waals surface area contributed by atoms with Gasteiger partial charge in [0, 0.05) is 0 Å². The summed E-state index contributed by atoms with van der Waals surface area (Å²) in [6.45, 7) is 0. The molecule has 0 radical (unpaired) electrons. The molecule has 5 rings (SSSR count). The minimum Gasteiger partial charge on any atom is -0.497 e. The van der Waals surface area contributed by atoms with Crippen molar-refractivity contribution in [2.75, 3.05) is 7.11 Å². The maximum absolute atomic E-state index is 13.1. The van der Waals surface area contributed by atoms with Crippen LogP contribution in [-0.2, 0) is 30.6 Å². The van der Waals surface area contributed by atoms with Gasteiger partial charge in [-0.1, -0.05) is 36.4 Å². The maximum Gasteiger partial charge on any atom is 0.206 e. The molecule has 39 heavy (non-hydrogen) atoms. The van der Waals surface area contributed by atoms with Gasteiger partial charge in [-0.15, -0.1) is 0 Å². The molecule has 0 fully saturated rings. The Morgan fingerprint density at radius 3 is 1.08 bits per heavy atom. The SMILES string of the molecule is COc1ccc([S+](c2ccc(S(=O)(=O)c3ccccc3)cc2)c2ccc(S(=O)(=O)c3ccccc3)cc2)cc1. The lowest BCUT2D eigenvalue weighted by Crippen LogP contribution is -2.07. The zero-order valence-electron chi connectivity index (χ0n) is 21.0. The van der Waals surface area contributed by atoms with E-state index in [9.17, 15) is 16.8 Å². The molecular weight excluding hydrogens is 549 g/mol. The van der Waals surface area contributed by atoms with Crippen LogP contribution < -0.4 is 4.74 Å². The molecule has 0 spiro atoms. The van der Waals surface area contributed by atoms with Crippen LogP contribution in [0.15, 0.2) is 168 Å². The maximum atomic E-state index is 13.1. The van der Waals surface area contributed by atoms with Crippen molar-refractivity contribution in [3.63, 3.8) is 0 Å². The molecule has 0 saturated carbocycles. The molecule has 0 N–H and O–H groups in total. The first-order valence-electron chi connectivity index (χ1n) is 12.0. The third-order valence-corrected chi connectivity index (χ3v) is 11.9. The number of ether oxygens (including phenoxy) is 1. The Bertz CT molecular complexity index is 1650. The van der Waals surface area contributed by atoms with Gasteiger partial charge in [0.25, 0.3) is 0 Å². The molecular formula is C31H25O5S3+. The number of hydrogen-bond donors (Lipinski definition) is 0. The summed E-state index contributed by atoms with van der Waals surface area (Å²) in [5.41, 5.74) is 0. The van der Waals surface area contributed by atoms with Gasteiger partial charge in [0.1, 0.15) is 5.75 Å². The van der Waals surface area contributed by atoms with Crippen LogP contribution in [0.4, 0.5) is 0 Å². The zero-order valence-corrected chi connectivity index (χ0v) is 23.4. The number of benzene rings is 5. The third-order valence-electron chi connectivity index (χ3n) is 6.14. The van der Waals surface area contributed by atoms with Crippen molar-refractivity contribution in [1.29, 1.82) is 0 Å². The number of sulfone groups is 2. The lowest BCUT2D eigenvalue weighted by Gasteiger charge is -2.11. The van der Waals surface area contributed by atoms with Gasteiger partial charge in [0.2, 0.25) is 19.7 Å². The van der Waals surface area contributed by atoms with Crippen LogP contribution in [0.5, 0.6) is 5.75 Å². The van der Waals surface area contributed by atoms with Gasteiger partial charge in [-0.05, 0) is 97.1 Å². The molecule has 0 aliphatic heterocycles. The fourth-order valence-electron chi connectivity index (χ4n) is 4.10. The van der Waals surface area contributed by atoms with Gasteiger partial charge in [-0.25, -0.2) is 16.8 Å². The third kappa shape index (κ3) is 5.49. The zero-order chi connectivity index (χ0) is 27.5. The molecule has 0 unspecified atom stereocenters. The van der Waals surface area contributed by atoms with E-state index < -0.39 is 30.6 Å². The summed E-state index contributed by atoms with van der Waals surface area (Å²) in [6, 6.07) is 38.1. The smallest absolute Gasteiger partial charge is 0.206 e. The molecule has 5 nitrogen and oxygen atoms in total. The summed E-state index contributed by atoms with van der Waals surface area (Å²) in [6.07, 6.45) is 0. The molecule has 5 aromatic carbocycles. The van der Waals surface area contributed by atoms with E-state index in [0.29, 0.717) is 0 Å². The van der Waals surface area contributed by atoms with Crippen LogP contribution in [-0.4, -0.2) is 23.9 Å². The van der Waals surface area contributed by atoms with Crippen molar-refractivity contribution >= 4 is 30.6 Å². The standard InChI is InChI=1S/C31H25O5S3/c1-36-24-12-14-25(15-13-24)37(26-16-20-30(21-17-26)38(32,33)28-8-4-2-5-9-28)27-18-22-31(23-19-27)39(34,35)29-10-6-3-7-11-29/h2-23H,1H3/q+1. The molecule has 0 atom stereocenters. The predicted molar refractivity (Wildman–Crippen MR) is 152 cm³/mol. The molecule has 0 aliphatic rings. The first kappa shape index (κ1) is 26.7. The Hall–Kier alpha value is -3.85. The van der Waals surface area contributed by atoms with Crippen molar-refractivity contribution in [3.05, 3.63) is 133 Å². The Balaban J connectivity index is 1.54. The molecule has 0 amide bonds. The molecule has 0 heterocycles. The van der Waals surface area contributed by atoms with E-state index in [0.717, 1.165) is 20.4 Å². The molecule has 0 aliphatic carbocycles. The van der Waals surface area contributed by atoms with Gasteiger partial charge in [-0.2, -0.15) is 0 Å². The normalized spacial score (nSPS) is 11.8. The Morgan fingerprint density at radius 1 is 0.436 bits per heavy atom. The number of rotatable bonds is 8. The fourth-order valence-corrected chi connectivity index (χ4v) is 8.71. The van der Waals surface area contributed by atoms with E-state index in [1.54, 1.807) is 92.0 Å².